The summed E-state index contributed by atoms with van der Waals surface area (Å²) in [5.74, 6) is -0.397. The van der Waals surface area contributed by atoms with E-state index in [4.69, 9.17) is 4.74 Å². The second-order valence-electron chi connectivity index (χ2n) is 6.02. The Hall–Kier alpha value is -2.37. The van der Waals surface area contributed by atoms with Gasteiger partial charge in [0.25, 0.3) is 0 Å². The Labute approximate surface area is 141 Å². The first kappa shape index (κ1) is 16.5. The van der Waals surface area contributed by atoms with Crippen LogP contribution in [-0.4, -0.2) is 40.8 Å². The molecule has 24 heavy (non-hydrogen) atoms. The molecule has 3 atom stereocenters. The smallest absolute Gasteiger partial charge is 0.231 e. The van der Waals surface area contributed by atoms with Crippen molar-refractivity contribution in [3.8, 4) is 5.75 Å². The average molecular weight is 327 g/mol. The first-order chi connectivity index (χ1) is 11.6. The fourth-order valence-electron chi connectivity index (χ4n) is 3.10. The van der Waals surface area contributed by atoms with Gasteiger partial charge < -0.3 is 19.8 Å². The summed E-state index contributed by atoms with van der Waals surface area (Å²) >= 11 is 0. The Kier molecular flexibility index (Phi) is 4.83. The largest absolute Gasteiger partial charge is 0.497 e. The Bertz CT molecular complexity index is 686. The molecule has 1 aliphatic heterocycles. The van der Waals surface area contributed by atoms with Crippen molar-refractivity contribution in [2.75, 3.05) is 13.7 Å². The number of carbonyl (C=O) groups excluding carboxylic acids is 1. The lowest BCUT2D eigenvalue weighted by Gasteiger charge is -2.20. The number of β-amino-alcohol motifs (C(OH)–C–C–N with tert-alkyl or cyclic N) is 1. The van der Waals surface area contributed by atoms with E-state index in [0.29, 0.717) is 17.9 Å². The molecule has 5 heteroatoms. The van der Waals surface area contributed by atoms with Gasteiger partial charge in [0.2, 0.25) is 5.91 Å². The summed E-state index contributed by atoms with van der Waals surface area (Å²) in [6.07, 6.45) is -1.93. The Morgan fingerprint density at radius 3 is 2.46 bits per heavy atom. The van der Waals surface area contributed by atoms with Gasteiger partial charge >= 0.3 is 0 Å². The summed E-state index contributed by atoms with van der Waals surface area (Å²) in [6, 6.07) is 16.5. The Morgan fingerprint density at radius 2 is 1.83 bits per heavy atom. The minimum atomic E-state index is -1.04. The molecule has 126 valence electrons. The number of hydrogen-bond acceptors (Lipinski definition) is 4. The van der Waals surface area contributed by atoms with E-state index in [9.17, 15) is 15.0 Å². The van der Waals surface area contributed by atoms with Gasteiger partial charge in [-0.25, -0.2) is 0 Å². The highest BCUT2D eigenvalue weighted by molar-refractivity contribution is 5.82. The molecule has 1 fully saturated rings. The van der Waals surface area contributed by atoms with E-state index >= 15 is 0 Å². The summed E-state index contributed by atoms with van der Waals surface area (Å²) < 4.78 is 5.09. The Balaban J connectivity index is 1.74. The third kappa shape index (κ3) is 3.27. The molecule has 0 bridgehead atoms. The maximum absolute atomic E-state index is 12.6. The highest BCUT2D eigenvalue weighted by Gasteiger charge is 2.44. The third-order valence-corrected chi connectivity index (χ3v) is 4.43. The molecule has 2 N–H and O–H groups in total. The summed E-state index contributed by atoms with van der Waals surface area (Å²) in [7, 11) is 1.57. The number of hydrogen-bond donors (Lipinski definition) is 2. The number of likely N-dealkylation sites (tertiary alicyclic amines) is 1. The highest BCUT2D eigenvalue weighted by atomic mass is 16.5. The molecule has 1 amide bonds. The van der Waals surface area contributed by atoms with Crippen LogP contribution in [0.25, 0.3) is 0 Å². The van der Waals surface area contributed by atoms with Crippen LogP contribution in [0.5, 0.6) is 5.75 Å². The zero-order valence-corrected chi connectivity index (χ0v) is 13.5. The van der Waals surface area contributed by atoms with Crippen LogP contribution in [0.3, 0.4) is 0 Å². The van der Waals surface area contributed by atoms with Crippen molar-refractivity contribution >= 4 is 5.91 Å². The number of methoxy groups -OCH3 is 1. The number of carbonyl (C=O) groups is 1. The van der Waals surface area contributed by atoms with Gasteiger partial charge in [-0.15, -0.1) is 0 Å². The van der Waals surface area contributed by atoms with Crippen molar-refractivity contribution < 1.29 is 19.7 Å². The number of ether oxygens (including phenoxy) is 1. The number of nitrogens with zero attached hydrogens (tertiary/aromatic N) is 1. The molecule has 1 heterocycles. The minimum Gasteiger partial charge on any atom is -0.497 e. The first-order valence-electron chi connectivity index (χ1n) is 7.93. The molecule has 0 aliphatic carbocycles. The van der Waals surface area contributed by atoms with Crippen LogP contribution in [-0.2, 0) is 11.3 Å². The molecule has 0 unspecified atom stereocenters. The minimum absolute atomic E-state index is 0.227. The lowest BCUT2D eigenvalue weighted by Crippen LogP contribution is -2.30. The van der Waals surface area contributed by atoms with Crippen LogP contribution in [0, 0.1) is 5.92 Å². The van der Waals surface area contributed by atoms with Gasteiger partial charge in [-0.2, -0.15) is 0 Å². The van der Waals surface area contributed by atoms with Crippen LogP contribution >= 0.6 is 0 Å². The number of aliphatic hydroxyl groups is 2. The summed E-state index contributed by atoms with van der Waals surface area (Å²) in [4.78, 5) is 14.2. The molecule has 1 aliphatic rings. The van der Waals surface area contributed by atoms with Gasteiger partial charge in [-0.05, 0) is 23.3 Å². The number of aliphatic hydroxyl groups excluding tert-OH is 2. The standard InChI is InChI=1S/C19H21NO4/c1-24-15-9-7-14(8-10-15)18(22)17-16(21)12-20(19(17)23)11-13-5-3-2-4-6-13/h2-10,16-18,21-22H,11-12H2,1H3/t16-,17-,18+/m1/s1. The van der Waals surface area contributed by atoms with E-state index in [1.54, 1.807) is 36.3 Å². The van der Waals surface area contributed by atoms with E-state index in [0.717, 1.165) is 5.56 Å². The van der Waals surface area contributed by atoms with E-state index < -0.39 is 18.1 Å². The van der Waals surface area contributed by atoms with E-state index in [2.05, 4.69) is 0 Å². The maximum atomic E-state index is 12.6. The molecule has 3 rings (SSSR count). The van der Waals surface area contributed by atoms with E-state index in [1.165, 1.54) is 0 Å². The molecular weight excluding hydrogens is 306 g/mol. The summed E-state index contributed by atoms with van der Waals surface area (Å²) in [5, 5.41) is 20.9. The molecule has 2 aromatic rings. The SMILES string of the molecule is COc1ccc([C@H](O)[C@@H]2C(=O)N(Cc3ccccc3)C[C@H]2O)cc1. The predicted molar refractivity (Wildman–Crippen MR) is 89.3 cm³/mol. The molecule has 0 radical (unpaired) electrons. The molecule has 2 aromatic carbocycles. The average Bonchev–Trinajstić information content (AvgIpc) is 2.89. The van der Waals surface area contributed by atoms with Gasteiger partial charge in [0.15, 0.2) is 0 Å². The van der Waals surface area contributed by atoms with Crippen molar-refractivity contribution in [2.45, 2.75) is 18.8 Å². The van der Waals surface area contributed by atoms with Gasteiger partial charge in [0.05, 0.1) is 25.2 Å². The van der Waals surface area contributed by atoms with Gasteiger partial charge in [-0.1, -0.05) is 42.5 Å². The molecule has 5 nitrogen and oxygen atoms in total. The van der Waals surface area contributed by atoms with E-state index in [-0.39, 0.29) is 12.5 Å². The number of benzene rings is 2. The first-order valence-corrected chi connectivity index (χ1v) is 7.93. The highest BCUT2D eigenvalue weighted by Crippen LogP contribution is 2.33. The normalized spacial score (nSPS) is 21.8. The van der Waals surface area contributed by atoms with Gasteiger partial charge in [0, 0.05) is 13.1 Å². The Morgan fingerprint density at radius 1 is 1.17 bits per heavy atom. The molecule has 1 saturated heterocycles. The second kappa shape index (κ2) is 7.03. The van der Waals surface area contributed by atoms with Crippen molar-refractivity contribution in [2.24, 2.45) is 5.92 Å². The second-order valence-corrected chi connectivity index (χ2v) is 6.02. The van der Waals surface area contributed by atoms with Gasteiger partial charge in [0.1, 0.15) is 5.75 Å². The lowest BCUT2D eigenvalue weighted by atomic mass is 9.92. The van der Waals surface area contributed by atoms with Crippen molar-refractivity contribution in [1.82, 2.24) is 4.90 Å². The fourth-order valence-corrected chi connectivity index (χ4v) is 3.10. The van der Waals surface area contributed by atoms with Crippen LogP contribution in [0.1, 0.15) is 17.2 Å². The number of amides is 1. The quantitative estimate of drug-likeness (QED) is 0.878. The monoisotopic (exact) mass is 327 g/mol. The number of rotatable bonds is 5. The topological polar surface area (TPSA) is 70.0 Å². The molecule has 0 saturated carbocycles. The van der Waals surface area contributed by atoms with Crippen LogP contribution in [0.2, 0.25) is 0 Å². The summed E-state index contributed by atoms with van der Waals surface area (Å²) in [6.45, 7) is 0.661. The zero-order valence-electron chi connectivity index (χ0n) is 13.5. The summed E-state index contributed by atoms with van der Waals surface area (Å²) in [5.41, 5.74) is 1.59. The van der Waals surface area contributed by atoms with E-state index in [1.807, 2.05) is 30.3 Å². The fraction of sp³-hybridized carbons (Fsp3) is 0.316. The maximum Gasteiger partial charge on any atom is 0.231 e. The van der Waals surface area contributed by atoms with Gasteiger partial charge in [-0.3, -0.25) is 4.79 Å². The van der Waals surface area contributed by atoms with Crippen molar-refractivity contribution in [1.29, 1.82) is 0 Å². The lowest BCUT2D eigenvalue weighted by molar-refractivity contribution is -0.135. The predicted octanol–water partition coefficient (Wildman–Crippen LogP) is 1.75. The van der Waals surface area contributed by atoms with Crippen LogP contribution in [0.15, 0.2) is 54.6 Å². The zero-order chi connectivity index (χ0) is 17.1. The van der Waals surface area contributed by atoms with Crippen LogP contribution < -0.4 is 4.74 Å². The van der Waals surface area contributed by atoms with Crippen LogP contribution in [0.4, 0.5) is 0 Å². The van der Waals surface area contributed by atoms with Crippen molar-refractivity contribution in [3.05, 3.63) is 65.7 Å². The molecule has 0 spiro atoms. The van der Waals surface area contributed by atoms with Crippen molar-refractivity contribution in [3.63, 3.8) is 0 Å². The third-order valence-electron chi connectivity index (χ3n) is 4.43. The molecule has 0 aromatic heterocycles. The molecular formula is C19H21NO4.